The van der Waals surface area contributed by atoms with Crippen molar-refractivity contribution >= 4 is 44.9 Å². The number of nitrogens with zero attached hydrogens (tertiary/aromatic N) is 2. The number of carbonyl (C=O) groups is 1. The number of para-hydroxylation sites is 1. The van der Waals surface area contributed by atoms with Crippen LogP contribution in [0.4, 0.5) is 5.69 Å². The van der Waals surface area contributed by atoms with Crippen molar-refractivity contribution in [2.45, 2.75) is 18.5 Å². The number of benzene rings is 1. The predicted octanol–water partition coefficient (Wildman–Crippen LogP) is 2.97. The molecule has 4 rings (SSSR count). The minimum atomic E-state index is -0.139. The zero-order valence-corrected chi connectivity index (χ0v) is 14.7. The third-order valence-corrected chi connectivity index (χ3v) is 5.97. The second-order valence-corrected chi connectivity index (χ2v) is 7.50. The summed E-state index contributed by atoms with van der Waals surface area (Å²) < 4.78 is 0. The highest BCUT2D eigenvalue weighted by atomic mass is 32.2. The minimum absolute atomic E-state index is 0.0371. The Morgan fingerprint density at radius 3 is 3.12 bits per heavy atom. The van der Waals surface area contributed by atoms with E-state index in [0.29, 0.717) is 17.1 Å². The average molecular weight is 357 g/mol. The number of H-pyrrole nitrogens is 1. The van der Waals surface area contributed by atoms with E-state index in [9.17, 15) is 9.59 Å². The fourth-order valence-electron chi connectivity index (χ4n) is 2.94. The fraction of sp³-hybridized carbons (Fsp3) is 0.235. The SMILES string of the molecule is Cc1csc2nc(SCC(=O)N3CCc4ccccc43)[nH]c(=O)c12. The van der Waals surface area contributed by atoms with E-state index in [0.717, 1.165) is 22.5 Å². The van der Waals surface area contributed by atoms with Crippen molar-refractivity contribution in [3.8, 4) is 0 Å². The minimum Gasteiger partial charge on any atom is -0.311 e. The maximum absolute atomic E-state index is 12.5. The molecule has 0 aliphatic carbocycles. The van der Waals surface area contributed by atoms with E-state index in [4.69, 9.17) is 0 Å². The Morgan fingerprint density at radius 1 is 1.42 bits per heavy atom. The number of aromatic nitrogens is 2. The smallest absolute Gasteiger partial charge is 0.260 e. The lowest BCUT2D eigenvalue weighted by Gasteiger charge is -2.16. The molecular weight excluding hydrogens is 342 g/mol. The summed E-state index contributed by atoms with van der Waals surface area (Å²) >= 11 is 2.73. The summed E-state index contributed by atoms with van der Waals surface area (Å²) in [7, 11) is 0. The molecule has 0 fully saturated rings. The number of carbonyl (C=O) groups excluding carboxylic acids is 1. The molecule has 0 atom stereocenters. The van der Waals surface area contributed by atoms with Crippen molar-refractivity contribution in [1.29, 1.82) is 0 Å². The number of nitrogens with one attached hydrogen (secondary N) is 1. The molecular formula is C17H15N3O2S2. The number of amides is 1. The molecule has 5 nitrogen and oxygen atoms in total. The normalized spacial score (nSPS) is 13.5. The van der Waals surface area contributed by atoms with Crippen molar-refractivity contribution in [2.24, 2.45) is 0 Å². The van der Waals surface area contributed by atoms with Crippen molar-refractivity contribution in [1.82, 2.24) is 9.97 Å². The molecule has 1 N–H and O–H groups in total. The van der Waals surface area contributed by atoms with Crippen LogP contribution < -0.4 is 10.5 Å². The molecule has 3 heterocycles. The van der Waals surface area contributed by atoms with E-state index in [-0.39, 0.29) is 17.2 Å². The van der Waals surface area contributed by atoms with Gasteiger partial charge in [-0.1, -0.05) is 30.0 Å². The number of aromatic amines is 1. The lowest BCUT2D eigenvalue weighted by atomic mass is 10.2. The zero-order valence-electron chi connectivity index (χ0n) is 13.0. The first-order valence-corrected chi connectivity index (χ1v) is 9.49. The quantitative estimate of drug-likeness (QED) is 0.578. The largest absolute Gasteiger partial charge is 0.311 e. The zero-order chi connectivity index (χ0) is 16.7. The van der Waals surface area contributed by atoms with Crippen molar-refractivity contribution < 1.29 is 4.79 Å². The molecule has 1 aliphatic heterocycles. The van der Waals surface area contributed by atoms with Gasteiger partial charge in [0, 0.05) is 12.2 Å². The van der Waals surface area contributed by atoms with Gasteiger partial charge >= 0.3 is 0 Å². The summed E-state index contributed by atoms with van der Waals surface area (Å²) in [4.78, 5) is 34.4. The van der Waals surface area contributed by atoms with E-state index in [1.165, 1.54) is 28.7 Å². The number of rotatable bonds is 3. The van der Waals surface area contributed by atoms with Gasteiger partial charge in [0.2, 0.25) is 5.91 Å². The van der Waals surface area contributed by atoms with Crippen LogP contribution in [0.3, 0.4) is 0 Å². The number of fused-ring (bicyclic) bond motifs is 2. The molecule has 1 aliphatic rings. The van der Waals surface area contributed by atoms with Gasteiger partial charge in [-0.25, -0.2) is 4.98 Å². The molecule has 0 unspecified atom stereocenters. The number of aryl methyl sites for hydroxylation is 1. The Morgan fingerprint density at radius 2 is 2.25 bits per heavy atom. The van der Waals surface area contributed by atoms with Crippen LogP contribution in [0.1, 0.15) is 11.1 Å². The summed E-state index contributed by atoms with van der Waals surface area (Å²) in [5.41, 5.74) is 3.00. The average Bonchev–Trinajstić information content (AvgIpc) is 3.17. The van der Waals surface area contributed by atoms with Gasteiger partial charge in [0.25, 0.3) is 5.56 Å². The molecule has 0 saturated carbocycles. The van der Waals surface area contributed by atoms with Gasteiger partial charge in [0.15, 0.2) is 5.16 Å². The molecule has 0 radical (unpaired) electrons. The number of hydrogen-bond donors (Lipinski definition) is 1. The van der Waals surface area contributed by atoms with Crippen LogP contribution in [0.15, 0.2) is 39.6 Å². The van der Waals surface area contributed by atoms with E-state index in [2.05, 4.69) is 16.0 Å². The van der Waals surface area contributed by atoms with Crippen LogP contribution in [0.25, 0.3) is 10.2 Å². The van der Waals surface area contributed by atoms with Crippen molar-refractivity contribution in [3.05, 3.63) is 51.1 Å². The van der Waals surface area contributed by atoms with Crippen LogP contribution in [-0.4, -0.2) is 28.2 Å². The molecule has 1 aromatic carbocycles. The van der Waals surface area contributed by atoms with Crippen LogP contribution in [-0.2, 0) is 11.2 Å². The Labute approximate surface area is 146 Å². The Kier molecular flexibility index (Phi) is 3.90. The molecule has 7 heteroatoms. The first-order chi connectivity index (χ1) is 11.6. The van der Waals surface area contributed by atoms with Crippen LogP contribution in [0.2, 0.25) is 0 Å². The first-order valence-electron chi connectivity index (χ1n) is 7.62. The Balaban J connectivity index is 1.51. The fourth-order valence-corrected chi connectivity index (χ4v) is 4.66. The van der Waals surface area contributed by atoms with Gasteiger partial charge in [-0.15, -0.1) is 11.3 Å². The number of thioether (sulfide) groups is 1. The summed E-state index contributed by atoms with van der Waals surface area (Å²) in [5, 5.41) is 3.06. The molecule has 0 bridgehead atoms. The van der Waals surface area contributed by atoms with Crippen molar-refractivity contribution in [2.75, 3.05) is 17.2 Å². The molecule has 122 valence electrons. The number of thiophene rings is 1. The maximum atomic E-state index is 12.5. The van der Waals surface area contributed by atoms with Gasteiger partial charge < -0.3 is 9.88 Å². The van der Waals surface area contributed by atoms with Crippen LogP contribution in [0.5, 0.6) is 0 Å². The van der Waals surface area contributed by atoms with Gasteiger partial charge in [0.1, 0.15) is 4.83 Å². The molecule has 1 amide bonds. The van der Waals surface area contributed by atoms with Gasteiger partial charge in [-0.2, -0.15) is 0 Å². The van der Waals surface area contributed by atoms with E-state index < -0.39 is 0 Å². The lowest BCUT2D eigenvalue weighted by Crippen LogP contribution is -2.30. The maximum Gasteiger partial charge on any atom is 0.260 e. The summed E-state index contributed by atoms with van der Waals surface area (Å²) in [6.45, 7) is 2.61. The number of hydrogen-bond acceptors (Lipinski definition) is 5. The second-order valence-electron chi connectivity index (χ2n) is 5.68. The molecule has 0 spiro atoms. The summed E-state index contributed by atoms with van der Waals surface area (Å²) in [6, 6.07) is 7.98. The van der Waals surface area contributed by atoms with E-state index in [1.807, 2.05) is 35.4 Å². The Bertz CT molecular complexity index is 993. The standard InChI is InChI=1S/C17H15N3O2S2/c1-10-8-23-16-14(10)15(22)18-17(19-16)24-9-13(21)20-7-6-11-4-2-3-5-12(11)20/h2-5,8H,6-7,9H2,1H3,(H,18,19,22). The molecule has 2 aromatic heterocycles. The van der Waals surface area contributed by atoms with Gasteiger partial charge in [-0.3, -0.25) is 9.59 Å². The number of anilines is 1. The lowest BCUT2D eigenvalue weighted by molar-refractivity contribution is -0.116. The summed E-state index contributed by atoms with van der Waals surface area (Å²) in [6.07, 6.45) is 0.891. The van der Waals surface area contributed by atoms with E-state index >= 15 is 0 Å². The Hall–Kier alpha value is -2.12. The highest BCUT2D eigenvalue weighted by molar-refractivity contribution is 7.99. The highest BCUT2D eigenvalue weighted by Gasteiger charge is 2.24. The second kappa shape index (κ2) is 6.07. The third kappa shape index (κ3) is 2.63. The van der Waals surface area contributed by atoms with E-state index in [1.54, 1.807) is 0 Å². The van der Waals surface area contributed by atoms with Gasteiger partial charge in [0.05, 0.1) is 11.1 Å². The molecule has 0 saturated heterocycles. The van der Waals surface area contributed by atoms with Crippen molar-refractivity contribution in [3.63, 3.8) is 0 Å². The van der Waals surface area contributed by atoms with Gasteiger partial charge in [-0.05, 0) is 35.9 Å². The van der Waals surface area contributed by atoms with Crippen LogP contribution >= 0.6 is 23.1 Å². The highest BCUT2D eigenvalue weighted by Crippen LogP contribution is 2.29. The first kappa shape index (κ1) is 15.4. The predicted molar refractivity (Wildman–Crippen MR) is 98.2 cm³/mol. The molecule has 24 heavy (non-hydrogen) atoms. The monoisotopic (exact) mass is 357 g/mol. The van der Waals surface area contributed by atoms with Crippen LogP contribution in [0, 0.1) is 6.92 Å². The topological polar surface area (TPSA) is 66.1 Å². The molecule has 3 aromatic rings. The third-order valence-electron chi connectivity index (χ3n) is 4.13. The summed E-state index contributed by atoms with van der Waals surface area (Å²) in [5.74, 6) is 0.294.